The number of hydrogen-bond donors (Lipinski definition) is 0. The number of aromatic nitrogens is 1. The Labute approximate surface area is 153 Å². The zero-order valence-corrected chi connectivity index (χ0v) is 15.5. The van der Waals surface area contributed by atoms with Crippen molar-refractivity contribution in [1.82, 2.24) is 14.8 Å². The predicted molar refractivity (Wildman–Crippen MR) is 99.4 cm³/mol. The standard InChI is InChI=1S/C19H25N3O2S/c1-16-20-18(15-25-16)12-21-8-5-9-22(11-10-21)19(23)14-24-13-17-6-3-2-4-7-17/h2-4,6-7,15H,5,8-14H2,1H3. The van der Waals surface area contributed by atoms with Crippen LogP contribution in [0.25, 0.3) is 0 Å². The molecule has 0 saturated carbocycles. The van der Waals surface area contributed by atoms with Gasteiger partial charge in [0.25, 0.3) is 0 Å². The Morgan fingerprint density at radius 1 is 1.20 bits per heavy atom. The molecule has 0 radical (unpaired) electrons. The summed E-state index contributed by atoms with van der Waals surface area (Å²) in [6.07, 6.45) is 0.994. The van der Waals surface area contributed by atoms with Gasteiger partial charge in [0, 0.05) is 38.1 Å². The molecule has 134 valence electrons. The third kappa shape index (κ3) is 5.63. The number of thiazole rings is 1. The Kier molecular flexibility index (Phi) is 6.55. The van der Waals surface area contributed by atoms with Crippen LogP contribution in [0.15, 0.2) is 35.7 Å². The molecule has 0 bridgehead atoms. The molecule has 0 aliphatic carbocycles. The highest BCUT2D eigenvalue weighted by molar-refractivity contribution is 7.09. The summed E-state index contributed by atoms with van der Waals surface area (Å²) >= 11 is 1.69. The molecule has 1 aliphatic heterocycles. The maximum Gasteiger partial charge on any atom is 0.248 e. The van der Waals surface area contributed by atoms with Crippen LogP contribution in [0.3, 0.4) is 0 Å². The van der Waals surface area contributed by atoms with Gasteiger partial charge in [0.2, 0.25) is 5.91 Å². The first-order valence-corrected chi connectivity index (χ1v) is 9.61. The van der Waals surface area contributed by atoms with E-state index in [2.05, 4.69) is 15.3 Å². The molecule has 0 spiro atoms. The molecule has 1 amide bonds. The second-order valence-electron chi connectivity index (χ2n) is 6.35. The van der Waals surface area contributed by atoms with Gasteiger partial charge in [-0.15, -0.1) is 11.3 Å². The smallest absolute Gasteiger partial charge is 0.248 e. The van der Waals surface area contributed by atoms with E-state index in [1.54, 1.807) is 11.3 Å². The van der Waals surface area contributed by atoms with E-state index in [4.69, 9.17) is 4.74 Å². The van der Waals surface area contributed by atoms with Crippen molar-refractivity contribution in [2.75, 3.05) is 32.8 Å². The summed E-state index contributed by atoms with van der Waals surface area (Å²) in [4.78, 5) is 21.2. The van der Waals surface area contributed by atoms with Crippen LogP contribution in [0.1, 0.15) is 22.7 Å². The van der Waals surface area contributed by atoms with Gasteiger partial charge in [0.15, 0.2) is 0 Å². The molecule has 2 aromatic rings. The van der Waals surface area contributed by atoms with Crippen molar-refractivity contribution in [1.29, 1.82) is 0 Å². The Morgan fingerprint density at radius 2 is 2.04 bits per heavy atom. The van der Waals surface area contributed by atoms with Gasteiger partial charge in [-0.05, 0) is 18.9 Å². The van der Waals surface area contributed by atoms with E-state index in [0.29, 0.717) is 6.61 Å². The first-order chi connectivity index (χ1) is 12.2. The lowest BCUT2D eigenvalue weighted by molar-refractivity contribution is -0.136. The van der Waals surface area contributed by atoms with E-state index in [0.717, 1.165) is 55.4 Å². The molecule has 25 heavy (non-hydrogen) atoms. The lowest BCUT2D eigenvalue weighted by atomic mass is 10.2. The molecule has 1 fully saturated rings. The SMILES string of the molecule is Cc1nc(CN2CCCN(C(=O)COCc3ccccc3)CC2)cs1. The van der Waals surface area contributed by atoms with Crippen LogP contribution in [-0.2, 0) is 22.7 Å². The fraction of sp³-hybridized carbons (Fsp3) is 0.474. The van der Waals surface area contributed by atoms with Gasteiger partial charge in [-0.1, -0.05) is 30.3 Å². The summed E-state index contributed by atoms with van der Waals surface area (Å²) in [5.74, 6) is 0.0854. The zero-order valence-electron chi connectivity index (χ0n) is 14.7. The summed E-state index contributed by atoms with van der Waals surface area (Å²) in [6, 6.07) is 9.95. The molecule has 1 aromatic carbocycles. The monoisotopic (exact) mass is 359 g/mol. The molecular formula is C19H25N3O2S. The average Bonchev–Trinajstić information content (AvgIpc) is 2.89. The van der Waals surface area contributed by atoms with Crippen LogP contribution in [0.5, 0.6) is 0 Å². The lowest BCUT2D eigenvalue weighted by Gasteiger charge is -2.21. The summed E-state index contributed by atoms with van der Waals surface area (Å²) < 4.78 is 5.59. The van der Waals surface area contributed by atoms with Gasteiger partial charge in [-0.2, -0.15) is 0 Å². The number of benzene rings is 1. The highest BCUT2D eigenvalue weighted by Gasteiger charge is 2.19. The minimum absolute atomic E-state index is 0.0854. The third-order valence-electron chi connectivity index (χ3n) is 4.33. The van der Waals surface area contributed by atoms with Crippen LogP contribution in [0.4, 0.5) is 0 Å². The second-order valence-corrected chi connectivity index (χ2v) is 7.41. The van der Waals surface area contributed by atoms with Crippen molar-refractivity contribution in [3.05, 3.63) is 52.0 Å². The normalized spacial score (nSPS) is 16.0. The van der Waals surface area contributed by atoms with E-state index in [9.17, 15) is 4.79 Å². The number of aryl methyl sites for hydroxylation is 1. The Hall–Kier alpha value is -1.76. The maximum atomic E-state index is 12.4. The van der Waals surface area contributed by atoms with Gasteiger partial charge >= 0.3 is 0 Å². The largest absolute Gasteiger partial charge is 0.367 e. The highest BCUT2D eigenvalue weighted by atomic mass is 32.1. The van der Waals surface area contributed by atoms with Crippen LogP contribution in [-0.4, -0.2) is 53.5 Å². The quantitative estimate of drug-likeness (QED) is 0.796. The molecule has 1 aromatic heterocycles. The highest BCUT2D eigenvalue weighted by Crippen LogP contribution is 2.12. The number of amides is 1. The van der Waals surface area contributed by atoms with Crippen LogP contribution >= 0.6 is 11.3 Å². The summed E-state index contributed by atoms with van der Waals surface area (Å²) in [7, 11) is 0. The fourth-order valence-corrected chi connectivity index (χ4v) is 3.61. The number of ether oxygens (including phenoxy) is 1. The Balaban J connectivity index is 1.41. The van der Waals surface area contributed by atoms with E-state index in [-0.39, 0.29) is 12.5 Å². The molecule has 5 nitrogen and oxygen atoms in total. The van der Waals surface area contributed by atoms with Gasteiger partial charge in [0.1, 0.15) is 6.61 Å². The van der Waals surface area contributed by atoms with E-state index < -0.39 is 0 Å². The fourth-order valence-electron chi connectivity index (χ4n) is 3.01. The molecule has 1 aliphatic rings. The molecule has 3 rings (SSSR count). The van der Waals surface area contributed by atoms with Crippen molar-refractivity contribution < 1.29 is 9.53 Å². The van der Waals surface area contributed by atoms with Gasteiger partial charge in [-0.3, -0.25) is 9.69 Å². The van der Waals surface area contributed by atoms with Crippen molar-refractivity contribution in [2.45, 2.75) is 26.5 Å². The van der Waals surface area contributed by atoms with Crippen LogP contribution in [0.2, 0.25) is 0 Å². The van der Waals surface area contributed by atoms with Gasteiger partial charge < -0.3 is 9.64 Å². The van der Waals surface area contributed by atoms with Crippen molar-refractivity contribution in [2.24, 2.45) is 0 Å². The number of nitrogens with zero attached hydrogens (tertiary/aromatic N) is 3. The van der Waals surface area contributed by atoms with Crippen molar-refractivity contribution in [3.63, 3.8) is 0 Å². The first kappa shape index (κ1) is 18.0. The third-order valence-corrected chi connectivity index (χ3v) is 5.15. The molecular weight excluding hydrogens is 334 g/mol. The number of carbonyl (C=O) groups is 1. The molecule has 2 heterocycles. The molecule has 1 saturated heterocycles. The Bertz CT molecular complexity index is 674. The number of hydrogen-bond acceptors (Lipinski definition) is 5. The summed E-state index contributed by atoms with van der Waals surface area (Å²) in [5, 5.41) is 3.23. The lowest BCUT2D eigenvalue weighted by Crippen LogP contribution is -2.37. The first-order valence-electron chi connectivity index (χ1n) is 8.73. The summed E-state index contributed by atoms with van der Waals surface area (Å²) in [6.45, 7) is 7.00. The number of rotatable bonds is 6. The van der Waals surface area contributed by atoms with E-state index >= 15 is 0 Å². The minimum atomic E-state index is 0.0854. The van der Waals surface area contributed by atoms with Crippen LogP contribution < -0.4 is 0 Å². The molecule has 0 N–H and O–H groups in total. The molecule has 0 atom stereocenters. The van der Waals surface area contributed by atoms with Crippen LogP contribution in [0, 0.1) is 6.92 Å². The van der Waals surface area contributed by atoms with Crippen molar-refractivity contribution >= 4 is 17.2 Å². The van der Waals surface area contributed by atoms with E-state index in [1.807, 2.05) is 42.2 Å². The maximum absolute atomic E-state index is 12.4. The average molecular weight is 359 g/mol. The van der Waals surface area contributed by atoms with Gasteiger partial charge in [-0.25, -0.2) is 4.98 Å². The van der Waals surface area contributed by atoms with Crippen molar-refractivity contribution in [3.8, 4) is 0 Å². The zero-order chi connectivity index (χ0) is 17.5. The minimum Gasteiger partial charge on any atom is -0.367 e. The predicted octanol–water partition coefficient (Wildman–Crippen LogP) is 2.70. The second kappa shape index (κ2) is 9.08. The van der Waals surface area contributed by atoms with E-state index in [1.165, 1.54) is 0 Å². The summed E-state index contributed by atoms with van der Waals surface area (Å²) in [5.41, 5.74) is 2.23. The van der Waals surface area contributed by atoms with Gasteiger partial charge in [0.05, 0.1) is 17.3 Å². The molecule has 6 heteroatoms. The molecule has 0 unspecified atom stereocenters. The number of carbonyl (C=O) groups excluding carboxylic acids is 1. The Morgan fingerprint density at radius 3 is 2.80 bits per heavy atom. The topological polar surface area (TPSA) is 45.7 Å².